The van der Waals surface area contributed by atoms with Gasteiger partial charge in [0.25, 0.3) is 5.91 Å². The fourth-order valence-corrected chi connectivity index (χ4v) is 4.69. The van der Waals surface area contributed by atoms with Gasteiger partial charge in [0.1, 0.15) is 17.6 Å². The van der Waals surface area contributed by atoms with Gasteiger partial charge >= 0.3 is 12.1 Å². The molecule has 0 saturated carbocycles. The number of aliphatic carboxylic acids is 1. The topological polar surface area (TPSA) is 122 Å². The molecule has 0 aliphatic carbocycles. The summed E-state index contributed by atoms with van der Waals surface area (Å²) in [7, 11) is 0. The fourth-order valence-electron chi connectivity index (χ4n) is 3.43. The molecule has 3 aromatic carbocycles. The number of aromatic hydroxyl groups is 1. The number of carbonyl (C=O) groups excluding carboxylic acids is 2. The Morgan fingerprint density at radius 3 is 2.27 bits per heavy atom. The highest BCUT2D eigenvalue weighted by atomic mass is 79.9. The molecule has 0 spiro atoms. The number of nitrogens with one attached hydrogen (secondary N) is 1. The number of rotatable bonds is 10. The molecule has 0 saturated heterocycles. The van der Waals surface area contributed by atoms with Crippen LogP contribution in [0.4, 0.5) is 4.79 Å². The summed E-state index contributed by atoms with van der Waals surface area (Å²) in [5.41, 5.74) is 0.478. The highest BCUT2D eigenvalue weighted by molar-refractivity contribution is 9.11. The van der Waals surface area contributed by atoms with Crippen LogP contribution < -0.4 is 10.1 Å². The monoisotopic (exact) mass is 631 g/mol. The Labute approximate surface area is 230 Å². The number of amides is 2. The number of halogens is 2. The second-order valence-corrected chi connectivity index (χ2v) is 9.53. The highest BCUT2D eigenvalue weighted by Gasteiger charge is 2.32. The Bertz CT molecular complexity index is 1270. The second kappa shape index (κ2) is 13.6. The third-order valence-corrected chi connectivity index (χ3v) is 6.16. The predicted octanol–water partition coefficient (Wildman–Crippen LogP) is 6.39. The van der Waals surface area contributed by atoms with Crippen LogP contribution in [0.1, 0.15) is 34.9 Å². The predicted molar refractivity (Wildman–Crippen MR) is 144 cm³/mol. The minimum atomic E-state index is -1.18. The molecule has 192 valence electrons. The van der Waals surface area contributed by atoms with Crippen molar-refractivity contribution >= 4 is 49.8 Å². The molecule has 0 bridgehead atoms. The first-order chi connectivity index (χ1) is 17.7. The zero-order valence-corrected chi connectivity index (χ0v) is 22.5. The molecule has 0 radical (unpaired) electrons. The van der Waals surface area contributed by atoms with E-state index in [0.717, 1.165) is 6.08 Å². The Morgan fingerprint density at radius 2 is 1.62 bits per heavy atom. The number of hydrogen-bond donors (Lipinski definition) is 3. The molecule has 2 amide bonds. The molecule has 3 rings (SSSR count). The number of phenols is 1. The van der Waals surface area contributed by atoms with E-state index in [2.05, 4.69) is 37.2 Å². The zero-order valence-electron chi connectivity index (χ0n) is 19.3. The number of alkyl carbamates (subject to hydrolysis) is 1. The standard InChI is InChI=1S/C27H23Br2NO7/c28-18-15-20(24(33)21(29)16-18)25(37-27(35)30-26(34)17-9-3-1-4-10-17)22(13-7-8-14-23(31)32)36-19-11-5-2-6-12-19/h1-6,8-12,14-16,22,25,33H,7,13H2,(H,31,32)(H,30,34,35)/b14-8+/t22-,25-/m0/s1. The minimum absolute atomic E-state index is 0.182. The van der Waals surface area contributed by atoms with Gasteiger partial charge in [0.2, 0.25) is 0 Å². The summed E-state index contributed by atoms with van der Waals surface area (Å²) < 4.78 is 12.8. The van der Waals surface area contributed by atoms with Gasteiger partial charge in [-0.15, -0.1) is 0 Å². The molecule has 37 heavy (non-hydrogen) atoms. The van der Waals surface area contributed by atoms with Gasteiger partial charge in [0, 0.05) is 21.7 Å². The zero-order chi connectivity index (χ0) is 26.8. The molecular formula is C27H23Br2NO7. The largest absolute Gasteiger partial charge is 0.506 e. The number of imide groups is 1. The lowest BCUT2D eigenvalue weighted by atomic mass is 9.99. The SMILES string of the molecule is O=C(O)/C=C/CC[C@H](Oc1ccccc1)[C@@H](OC(=O)NC(=O)c1ccccc1)c1cc(Br)cc(Br)c1O. The van der Waals surface area contributed by atoms with Gasteiger partial charge in [0.05, 0.1) is 4.47 Å². The van der Waals surface area contributed by atoms with Crippen molar-refractivity contribution in [3.05, 3.63) is 105 Å². The van der Waals surface area contributed by atoms with Crippen LogP contribution in [0, 0.1) is 0 Å². The summed E-state index contributed by atoms with van der Waals surface area (Å²) >= 11 is 6.67. The van der Waals surface area contributed by atoms with Crippen LogP contribution in [0.2, 0.25) is 0 Å². The maximum Gasteiger partial charge on any atom is 0.414 e. The van der Waals surface area contributed by atoms with Crippen molar-refractivity contribution in [3.8, 4) is 11.5 Å². The third-order valence-electron chi connectivity index (χ3n) is 5.10. The molecule has 3 N–H and O–H groups in total. The lowest BCUT2D eigenvalue weighted by Gasteiger charge is -2.29. The molecule has 0 aliphatic heterocycles. The van der Waals surface area contributed by atoms with Gasteiger partial charge in [0.15, 0.2) is 6.10 Å². The number of allylic oxidation sites excluding steroid dienone is 1. The lowest BCUT2D eigenvalue weighted by molar-refractivity contribution is -0.131. The molecule has 0 heterocycles. The van der Waals surface area contributed by atoms with E-state index >= 15 is 0 Å². The summed E-state index contributed by atoms with van der Waals surface area (Å²) in [6, 6.07) is 20.1. The van der Waals surface area contributed by atoms with E-state index in [1.165, 1.54) is 6.08 Å². The number of hydrogen-bond acceptors (Lipinski definition) is 6. The maximum absolute atomic E-state index is 12.9. The van der Waals surface area contributed by atoms with E-state index in [-0.39, 0.29) is 29.7 Å². The summed E-state index contributed by atoms with van der Waals surface area (Å²) in [5, 5.41) is 21.9. The van der Waals surface area contributed by atoms with E-state index < -0.39 is 30.2 Å². The summed E-state index contributed by atoms with van der Waals surface area (Å²) in [5.74, 6) is -1.47. The first-order valence-corrected chi connectivity index (χ1v) is 12.7. The number of benzene rings is 3. The number of carbonyl (C=O) groups is 3. The van der Waals surface area contributed by atoms with Crippen molar-refractivity contribution in [3.63, 3.8) is 0 Å². The number of para-hydroxylation sites is 1. The Morgan fingerprint density at radius 1 is 0.973 bits per heavy atom. The van der Waals surface area contributed by atoms with Crippen LogP contribution in [0.5, 0.6) is 11.5 Å². The van der Waals surface area contributed by atoms with Gasteiger partial charge in [-0.25, -0.2) is 9.59 Å². The first kappa shape index (κ1) is 27.9. The summed E-state index contributed by atoms with van der Waals surface area (Å²) in [6.07, 6.45) is -0.153. The quantitative estimate of drug-likeness (QED) is 0.221. The summed E-state index contributed by atoms with van der Waals surface area (Å²) in [6.45, 7) is 0. The van der Waals surface area contributed by atoms with Crippen molar-refractivity contribution in [2.45, 2.75) is 25.0 Å². The molecule has 0 unspecified atom stereocenters. The molecule has 0 aliphatic rings. The van der Waals surface area contributed by atoms with Gasteiger partial charge in [-0.2, -0.15) is 0 Å². The van der Waals surface area contributed by atoms with Crippen LogP contribution in [-0.2, 0) is 9.53 Å². The Kier molecular flexibility index (Phi) is 10.3. The molecule has 0 fully saturated rings. The fraction of sp³-hybridized carbons (Fsp3) is 0.148. The normalized spacial score (nSPS) is 12.5. The molecule has 2 atom stereocenters. The third kappa shape index (κ3) is 8.47. The number of phenolic OH excluding ortho intramolecular Hbond substituents is 1. The Hall–Kier alpha value is -3.63. The number of ether oxygens (including phenoxy) is 2. The highest BCUT2D eigenvalue weighted by Crippen LogP contribution is 2.40. The van der Waals surface area contributed by atoms with Crippen molar-refractivity contribution in [2.75, 3.05) is 0 Å². The van der Waals surface area contributed by atoms with E-state index in [1.807, 2.05) is 6.07 Å². The van der Waals surface area contributed by atoms with Gasteiger partial charge in [-0.1, -0.05) is 58.4 Å². The van der Waals surface area contributed by atoms with Crippen LogP contribution >= 0.6 is 31.9 Å². The van der Waals surface area contributed by atoms with Gasteiger partial charge in [-0.3, -0.25) is 10.1 Å². The molecule has 10 heteroatoms. The van der Waals surface area contributed by atoms with Crippen molar-refractivity contribution < 1.29 is 34.1 Å². The van der Waals surface area contributed by atoms with Crippen LogP contribution in [0.3, 0.4) is 0 Å². The van der Waals surface area contributed by atoms with Gasteiger partial charge < -0.3 is 19.7 Å². The van der Waals surface area contributed by atoms with E-state index in [0.29, 0.717) is 14.7 Å². The van der Waals surface area contributed by atoms with Gasteiger partial charge in [-0.05, 0) is 65.2 Å². The van der Waals surface area contributed by atoms with Crippen LogP contribution in [-0.4, -0.2) is 34.3 Å². The number of carboxylic acids is 1. The van der Waals surface area contributed by atoms with E-state index in [1.54, 1.807) is 66.7 Å². The molecule has 8 nitrogen and oxygen atoms in total. The Balaban J connectivity index is 1.95. The molecule has 0 aromatic heterocycles. The first-order valence-electron chi connectivity index (χ1n) is 11.1. The van der Waals surface area contributed by atoms with E-state index in [9.17, 15) is 19.5 Å². The average molecular weight is 633 g/mol. The minimum Gasteiger partial charge on any atom is -0.506 e. The van der Waals surface area contributed by atoms with Crippen LogP contribution in [0.25, 0.3) is 0 Å². The van der Waals surface area contributed by atoms with Crippen molar-refractivity contribution in [2.24, 2.45) is 0 Å². The van der Waals surface area contributed by atoms with Crippen LogP contribution in [0.15, 0.2) is 93.9 Å². The summed E-state index contributed by atoms with van der Waals surface area (Å²) in [4.78, 5) is 36.3. The molecule has 3 aromatic rings. The average Bonchev–Trinajstić information content (AvgIpc) is 2.87. The smallest absolute Gasteiger partial charge is 0.414 e. The second-order valence-electron chi connectivity index (χ2n) is 7.76. The number of carboxylic acid groups (broad SMARTS) is 1. The van der Waals surface area contributed by atoms with Crippen molar-refractivity contribution in [1.82, 2.24) is 5.32 Å². The lowest BCUT2D eigenvalue weighted by Crippen LogP contribution is -2.36. The maximum atomic E-state index is 12.9. The van der Waals surface area contributed by atoms with E-state index in [4.69, 9.17) is 14.6 Å². The molecular weight excluding hydrogens is 610 g/mol. The van der Waals surface area contributed by atoms with Crippen molar-refractivity contribution in [1.29, 1.82) is 0 Å².